The third-order valence-electron chi connectivity index (χ3n) is 3.10. The minimum absolute atomic E-state index is 0.0450. The fourth-order valence-corrected chi connectivity index (χ4v) is 2.20. The van der Waals surface area contributed by atoms with Gasteiger partial charge in [-0.15, -0.1) is 0 Å². The minimum Gasteiger partial charge on any atom is -0.373 e. The number of anilines is 1. The maximum Gasteiger partial charge on any atom is 0.417 e. The fraction of sp³-hybridized carbons (Fsp3) is 0.583. The molecule has 0 spiro atoms. The highest BCUT2D eigenvalue weighted by molar-refractivity contribution is 6.32. The number of halogens is 4. The van der Waals surface area contributed by atoms with Crippen LogP contribution < -0.4 is 5.32 Å². The first kappa shape index (κ1) is 14.4. The molecule has 2 heterocycles. The molecule has 0 radical (unpaired) electrons. The molecular weight excluding hydrogens is 281 g/mol. The molecular formula is C12H14ClF3N2O. The zero-order chi connectivity index (χ0) is 14.1. The number of hydrogen-bond acceptors (Lipinski definition) is 3. The topological polar surface area (TPSA) is 34.2 Å². The van der Waals surface area contributed by atoms with Crippen molar-refractivity contribution in [2.24, 2.45) is 0 Å². The predicted octanol–water partition coefficient (Wildman–Crippen LogP) is 3.73. The van der Waals surface area contributed by atoms with Gasteiger partial charge in [-0.2, -0.15) is 13.2 Å². The lowest BCUT2D eigenvalue weighted by atomic mass is 10.0. The molecule has 1 fully saturated rings. The van der Waals surface area contributed by atoms with Gasteiger partial charge in [-0.05, 0) is 25.8 Å². The number of aromatic nitrogens is 1. The Morgan fingerprint density at radius 1 is 1.53 bits per heavy atom. The molecule has 7 heteroatoms. The molecule has 1 aromatic rings. The lowest BCUT2D eigenvalue weighted by molar-refractivity contribution is -0.137. The van der Waals surface area contributed by atoms with Crippen molar-refractivity contribution in [2.75, 3.05) is 18.5 Å². The summed E-state index contributed by atoms with van der Waals surface area (Å²) in [5.74, 6) is 0.242. The van der Waals surface area contributed by atoms with Crippen LogP contribution in [0.2, 0.25) is 5.02 Å². The van der Waals surface area contributed by atoms with Gasteiger partial charge in [0.1, 0.15) is 5.82 Å². The van der Waals surface area contributed by atoms with Crippen molar-refractivity contribution in [3.63, 3.8) is 0 Å². The molecule has 1 atom stereocenters. The average molecular weight is 295 g/mol. The molecule has 1 N–H and O–H groups in total. The summed E-state index contributed by atoms with van der Waals surface area (Å²) < 4.78 is 42.9. The van der Waals surface area contributed by atoms with E-state index >= 15 is 0 Å². The van der Waals surface area contributed by atoms with Crippen molar-refractivity contribution in [1.82, 2.24) is 4.98 Å². The van der Waals surface area contributed by atoms with E-state index < -0.39 is 11.7 Å². The standard InChI is InChI=1S/C12H14ClF3N2O/c1-11(3-2-4-19-11)7-18-10-9(13)5-8(6-17-10)12(14,15)16/h5-6H,2-4,7H2,1H3,(H,17,18). The number of nitrogens with zero attached hydrogens (tertiary/aromatic N) is 1. The van der Waals surface area contributed by atoms with Gasteiger partial charge < -0.3 is 10.1 Å². The largest absolute Gasteiger partial charge is 0.417 e. The van der Waals surface area contributed by atoms with E-state index in [4.69, 9.17) is 16.3 Å². The van der Waals surface area contributed by atoms with Gasteiger partial charge in [-0.25, -0.2) is 4.98 Å². The first-order chi connectivity index (χ1) is 8.80. The van der Waals surface area contributed by atoms with Gasteiger partial charge in [0.25, 0.3) is 0 Å². The smallest absolute Gasteiger partial charge is 0.373 e. The lowest BCUT2D eigenvalue weighted by Crippen LogP contribution is -2.32. The zero-order valence-electron chi connectivity index (χ0n) is 10.4. The van der Waals surface area contributed by atoms with Gasteiger partial charge in [-0.1, -0.05) is 11.6 Å². The summed E-state index contributed by atoms with van der Waals surface area (Å²) in [4.78, 5) is 3.72. The van der Waals surface area contributed by atoms with E-state index in [0.29, 0.717) is 13.2 Å². The summed E-state index contributed by atoms with van der Waals surface area (Å²) in [7, 11) is 0. The Balaban J connectivity index is 2.05. The van der Waals surface area contributed by atoms with Gasteiger partial charge in [0.15, 0.2) is 0 Å². The SMILES string of the molecule is CC1(CNc2ncc(C(F)(F)F)cc2Cl)CCCO1. The fourth-order valence-electron chi connectivity index (χ4n) is 1.97. The van der Waals surface area contributed by atoms with Crippen molar-refractivity contribution in [3.8, 4) is 0 Å². The Morgan fingerprint density at radius 2 is 2.26 bits per heavy atom. The van der Waals surface area contributed by atoms with Crippen LogP contribution in [0, 0.1) is 0 Å². The summed E-state index contributed by atoms with van der Waals surface area (Å²) >= 11 is 5.80. The maximum atomic E-state index is 12.5. The molecule has 2 rings (SSSR count). The monoisotopic (exact) mass is 294 g/mol. The van der Waals surface area contributed by atoms with Crippen molar-refractivity contribution < 1.29 is 17.9 Å². The van der Waals surface area contributed by atoms with Crippen LogP contribution in [0.15, 0.2) is 12.3 Å². The second-order valence-corrected chi connectivity index (χ2v) is 5.21. The number of rotatable bonds is 3. The first-order valence-electron chi connectivity index (χ1n) is 5.91. The third-order valence-corrected chi connectivity index (χ3v) is 3.39. The van der Waals surface area contributed by atoms with E-state index in [9.17, 15) is 13.2 Å². The van der Waals surface area contributed by atoms with Crippen LogP contribution >= 0.6 is 11.6 Å². The second kappa shape index (κ2) is 5.17. The van der Waals surface area contributed by atoms with Gasteiger partial charge in [-0.3, -0.25) is 0 Å². The molecule has 106 valence electrons. The minimum atomic E-state index is -4.43. The van der Waals surface area contributed by atoms with Crippen LogP contribution in [0.3, 0.4) is 0 Å². The van der Waals surface area contributed by atoms with Gasteiger partial charge >= 0.3 is 6.18 Å². The quantitative estimate of drug-likeness (QED) is 0.922. The Kier molecular flexibility index (Phi) is 3.92. The number of ether oxygens (including phenoxy) is 1. The van der Waals surface area contributed by atoms with Crippen LogP contribution in [0.25, 0.3) is 0 Å². The third kappa shape index (κ3) is 3.51. The van der Waals surface area contributed by atoms with Crippen molar-refractivity contribution in [1.29, 1.82) is 0 Å². The van der Waals surface area contributed by atoms with E-state index in [1.54, 1.807) is 0 Å². The molecule has 1 aromatic heterocycles. The molecule has 19 heavy (non-hydrogen) atoms. The average Bonchev–Trinajstić information content (AvgIpc) is 2.74. The summed E-state index contributed by atoms with van der Waals surface area (Å²) in [6, 6.07) is 0.870. The molecule has 0 aliphatic carbocycles. The number of pyridine rings is 1. The van der Waals surface area contributed by atoms with Crippen LogP contribution in [-0.4, -0.2) is 23.7 Å². The zero-order valence-corrected chi connectivity index (χ0v) is 11.1. The first-order valence-corrected chi connectivity index (χ1v) is 6.29. The van der Waals surface area contributed by atoms with E-state index in [0.717, 1.165) is 25.1 Å². The highest BCUT2D eigenvalue weighted by Crippen LogP contribution is 2.33. The van der Waals surface area contributed by atoms with Crippen LogP contribution in [0.5, 0.6) is 0 Å². The Labute approximate surface area is 114 Å². The molecule has 1 aliphatic heterocycles. The van der Waals surface area contributed by atoms with E-state index in [-0.39, 0.29) is 16.4 Å². The van der Waals surface area contributed by atoms with E-state index in [1.165, 1.54) is 0 Å². The molecule has 1 saturated heterocycles. The Bertz CT molecular complexity index is 459. The van der Waals surface area contributed by atoms with Gasteiger partial charge in [0.05, 0.1) is 16.2 Å². The van der Waals surface area contributed by atoms with Gasteiger partial charge in [0.2, 0.25) is 0 Å². The normalized spacial score (nSPS) is 23.6. The van der Waals surface area contributed by atoms with E-state index in [2.05, 4.69) is 10.3 Å². The molecule has 0 aromatic carbocycles. The summed E-state index contributed by atoms with van der Waals surface area (Å²) in [6.45, 7) is 3.11. The molecule has 3 nitrogen and oxygen atoms in total. The highest BCUT2D eigenvalue weighted by Gasteiger charge is 2.32. The number of nitrogens with one attached hydrogen (secondary N) is 1. The summed E-state index contributed by atoms with van der Waals surface area (Å²) in [5.41, 5.74) is -1.17. The van der Waals surface area contributed by atoms with Crippen LogP contribution in [0.1, 0.15) is 25.3 Å². The Hall–Kier alpha value is -1.01. The lowest BCUT2D eigenvalue weighted by Gasteiger charge is -2.24. The second-order valence-electron chi connectivity index (χ2n) is 4.81. The van der Waals surface area contributed by atoms with E-state index in [1.807, 2.05) is 6.92 Å². The van der Waals surface area contributed by atoms with Crippen molar-refractivity contribution >= 4 is 17.4 Å². The maximum absolute atomic E-state index is 12.5. The highest BCUT2D eigenvalue weighted by atomic mass is 35.5. The summed E-state index contributed by atoms with van der Waals surface area (Å²) in [5, 5.41) is 2.89. The number of hydrogen-bond donors (Lipinski definition) is 1. The molecule has 1 aliphatic rings. The number of alkyl halides is 3. The van der Waals surface area contributed by atoms with Crippen molar-refractivity contribution in [3.05, 3.63) is 22.8 Å². The Morgan fingerprint density at radius 3 is 2.79 bits per heavy atom. The molecule has 0 bridgehead atoms. The molecule has 0 amide bonds. The predicted molar refractivity (Wildman–Crippen MR) is 66.3 cm³/mol. The van der Waals surface area contributed by atoms with Crippen LogP contribution in [-0.2, 0) is 10.9 Å². The summed E-state index contributed by atoms with van der Waals surface area (Å²) in [6.07, 6.45) is -1.79. The van der Waals surface area contributed by atoms with Gasteiger partial charge in [0, 0.05) is 19.3 Å². The molecule has 1 unspecified atom stereocenters. The molecule has 0 saturated carbocycles. The van der Waals surface area contributed by atoms with Crippen molar-refractivity contribution in [2.45, 2.75) is 31.5 Å². The van der Waals surface area contributed by atoms with Crippen LogP contribution in [0.4, 0.5) is 19.0 Å².